The quantitative estimate of drug-likeness (QED) is 0.520. The van der Waals surface area contributed by atoms with E-state index in [2.05, 4.69) is 10.6 Å². The number of carbonyl (C=O) groups excluding carboxylic acids is 1. The Bertz CT molecular complexity index is 578. The Morgan fingerprint density at radius 2 is 2.20 bits per heavy atom. The van der Waals surface area contributed by atoms with Crippen molar-refractivity contribution in [2.45, 2.75) is 6.54 Å². The van der Waals surface area contributed by atoms with Crippen molar-refractivity contribution in [3.8, 4) is 6.07 Å². The van der Waals surface area contributed by atoms with Crippen molar-refractivity contribution in [1.29, 1.82) is 5.26 Å². The summed E-state index contributed by atoms with van der Waals surface area (Å²) in [6.45, 7) is -0.336. The van der Waals surface area contributed by atoms with Gasteiger partial charge in [0.25, 0.3) is 5.91 Å². The lowest BCUT2D eigenvalue weighted by molar-refractivity contribution is -0.137. The fourth-order valence-corrected chi connectivity index (χ4v) is 1.32. The number of aliphatic carboxylic acids is 1. The maximum atomic E-state index is 12.9. The van der Waals surface area contributed by atoms with E-state index < -0.39 is 18.4 Å². The fourth-order valence-electron chi connectivity index (χ4n) is 1.32. The van der Waals surface area contributed by atoms with Crippen LogP contribution in [0.25, 0.3) is 0 Å². The first-order chi connectivity index (χ1) is 9.52. The zero-order valence-corrected chi connectivity index (χ0v) is 10.4. The van der Waals surface area contributed by atoms with Crippen molar-refractivity contribution in [3.05, 3.63) is 47.4 Å². The van der Waals surface area contributed by atoms with Crippen LogP contribution in [-0.4, -0.2) is 23.5 Å². The van der Waals surface area contributed by atoms with Crippen LogP contribution in [0.15, 0.2) is 36.0 Å². The smallest absolute Gasteiger partial charge is 0.322 e. The zero-order chi connectivity index (χ0) is 15.0. The van der Waals surface area contributed by atoms with Crippen molar-refractivity contribution < 1.29 is 19.1 Å². The molecular weight excluding hydrogens is 265 g/mol. The van der Waals surface area contributed by atoms with Crippen molar-refractivity contribution in [2.24, 2.45) is 0 Å². The van der Waals surface area contributed by atoms with Crippen molar-refractivity contribution >= 4 is 11.9 Å². The highest BCUT2D eigenvalue weighted by Crippen LogP contribution is 2.03. The van der Waals surface area contributed by atoms with E-state index in [1.165, 1.54) is 12.1 Å². The zero-order valence-electron chi connectivity index (χ0n) is 10.4. The van der Waals surface area contributed by atoms with Crippen LogP contribution in [0.5, 0.6) is 0 Å². The first-order valence-electron chi connectivity index (χ1n) is 5.61. The van der Waals surface area contributed by atoms with Crippen molar-refractivity contribution in [3.63, 3.8) is 0 Å². The van der Waals surface area contributed by atoms with Gasteiger partial charge in [-0.05, 0) is 17.7 Å². The Morgan fingerprint density at radius 1 is 1.45 bits per heavy atom. The molecule has 0 spiro atoms. The lowest BCUT2D eigenvalue weighted by Gasteiger charge is -2.03. The number of carbonyl (C=O) groups is 2. The molecule has 1 rings (SSSR count). The molecule has 0 unspecified atom stereocenters. The molecule has 20 heavy (non-hydrogen) atoms. The number of amides is 1. The number of nitrogens with zero attached hydrogens (tertiary/aromatic N) is 1. The van der Waals surface area contributed by atoms with Gasteiger partial charge in [0.15, 0.2) is 0 Å². The molecule has 1 aromatic rings. The average molecular weight is 277 g/mol. The molecule has 1 amide bonds. The third-order valence-corrected chi connectivity index (χ3v) is 2.21. The van der Waals surface area contributed by atoms with E-state index >= 15 is 0 Å². The summed E-state index contributed by atoms with van der Waals surface area (Å²) in [6, 6.07) is 7.49. The summed E-state index contributed by atoms with van der Waals surface area (Å²) in [4.78, 5) is 21.7. The van der Waals surface area contributed by atoms with Crippen LogP contribution >= 0.6 is 0 Å². The maximum Gasteiger partial charge on any atom is 0.322 e. The number of benzene rings is 1. The lowest BCUT2D eigenvalue weighted by atomic mass is 10.2. The minimum absolute atomic E-state index is 0.231. The Hall–Kier alpha value is -2.88. The molecule has 0 radical (unpaired) electrons. The van der Waals surface area contributed by atoms with Crippen LogP contribution in [-0.2, 0) is 16.1 Å². The summed E-state index contributed by atoms with van der Waals surface area (Å²) in [5.41, 5.74) is 0.382. The van der Waals surface area contributed by atoms with Gasteiger partial charge in [-0.3, -0.25) is 9.59 Å². The monoisotopic (exact) mass is 277 g/mol. The molecule has 6 nitrogen and oxygen atoms in total. The van der Waals surface area contributed by atoms with Gasteiger partial charge in [-0.1, -0.05) is 12.1 Å². The summed E-state index contributed by atoms with van der Waals surface area (Å²) in [5, 5.41) is 21.9. The molecule has 3 N–H and O–H groups in total. The van der Waals surface area contributed by atoms with Gasteiger partial charge in [0.1, 0.15) is 24.0 Å². The van der Waals surface area contributed by atoms with Crippen LogP contribution in [0.1, 0.15) is 5.56 Å². The van der Waals surface area contributed by atoms with Gasteiger partial charge in [-0.25, -0.2) is 4.39 Å². The number of halogens is 1. The molecule has 1 aromatic carbocycles. The number of carboxylic acids is 1. The highest BCUT2D eigenvalue weighted by Gasteiger charge is 2.09. The van der Waals surface area contributed by atoms with E-state index in [0.29, 0.717) is 5.56 Å². The third-order valence-electron chi connectivity index (χ3n) is 2.21. The van der Waals surface area contributed by atoms with Gasteiger partial charge in [0, 0.05) is 12.7 Å². The van der Waals surface area contributed by atoms with E-state index in [-0.39, 0.29) is 17.9 Å². The molecule has 0 heterocycles. The standard InChI is InChI=1S/C13H12FN3O3/c14-11-3-1-2-9(4-11)6-16-7-10(5-15)13(20)17-8-12(18)19/h1-4,7,16H,6,8H2,(H,17,20)(H,18,19)/b10-7-. The normalized spacial score (nSPS) is 10.5. The second-order valence-corrected chi connectivity index (χ2v) is 3.76. The molecule has 0 aromatic heterocycles. The fraction of sp³-hybridized carbons (Fsp3) is 0.154. The summed E-state index contributed by atoms with van der Waals surface area (Å²) in [6.07, 6.45) is 1.15. The van der Waals surface area contributed by atoms with E-state index in [0.717, 1.165) is 6.20 Å². The summed E-state index contributed by atoms with van der Waals surface area (Å²) in [7, 11) is 0. The minimum Gasteiger partial charge on any atom is -0.480 e. The molecule has 0 saturated heterocycles. The van der Waals surface area contributed by atoms with Crippen LogP contribution in [0.2, 0.25) is 0 Å². The Kier molecular flexibility index (Phi) is 5.72. The predicted octanol–water partition coefficient (Wildman–Crippen LogP) is 0.524. The van der Waals surface area contributed by atoms with Crippen LogP contribution in [0.3, 0.4) is 0 Å². The van der Waals surface area contributed by atoms with E-state index in [9.17, 15) is 14.0 Å². The summed E-state index contributed by atoms with van der Waals surface area (Å²) < 4.78 is 12.9. The van der Waals surface area contributed by atoms with Crippen molar-refractivity contribution in [1.82, 2.24) is 10.6 Å². The van der Waals surface area contributed by atoms with Crippen molar-refractivity contribution in [2.75, 3.05) is 6.54 Å². The highest BCUT2D eigenvalue weighted by molar-refractivity contribution is 5.98. The molecule has 0 fully saturated rings. The number of nitrogens with one attached hydrogen (secondary N) is 2. The summed E-state index contributed by atoms with van der Waals surface area (Å²) >= 11 is 0. The third kappa shape index (κ3) is 5.18. The SMILES string of the molecule is N#C/C(=C/NCc1cccc(F)c1)C(=O)NCC(=O)O. The largest absolute Gasteiger partial charge is 0.480 e. The average Bonchev–Trinajstić information content (AvgIpc) is 2.41. The van der Waals surface area contributed by atoms with Gasteiger partial charge < -0.3 is 15.7 Å². The summed E-state index contributed by atoms with van der Waals surface area (Å²) in [5.74, 6) is -2.38. The Labute approximate surface area is 114 Å². The number of hydrogen-bond donors (Lipinski definition) is 3. The van der Waals surface area contributed by atoms with E-state index in [1.54, 1.807) is 18.2 Å². The molecule has 0 saturated carbocycles. The number of hydrogen-bond acceptors (Lipinski definition) is 4. The van der Waals surface area contributed by atoms with E-state index in [1.807, 2.05) is 0 Å². The second-order valence-electron chi connectivity index (χ2n) is 3.76. The molecule has 0 atom stereocenters. The van der Waals surface area contributed by atoms with Gasteiger partial charge >= 0.3 is 5.97 Å². The molecule has 0 aliphatic rings. The Balaban J connectivity index is 2.56. The lowest BCUT2D eigenvalue weighted by Crippen LogP contribution is -2.30. The van der Waals surface area contributed by atoms with Crippen LogP contribution in [0.4, 0.5) is 4.39 Å². The highest BCUT2D eigenvalue weighted by atomic mass is 19.1. The van der Waals surface area contributed by atoms with Gasteiger partial charge in [-0.15, -0.1) is 0 Å². The van der Waals surface area contributed by atoms with E-state index in [4.69, 9.17) is 10.4 Å². The van der Waals surface area contributed by atoms with Crippen LogP contribution in [0, 0.1) is 17.1 Å². The Morgan fingerprint density at radius 3 is 2.80 bits per heavy atom. The first kappa shape index (κ1) is 15.2. The molecule has 0 aliphatic heterocycles. The molecular formula is C13H12FN3O3. The van der Waals surface area contributed by atoms with Gasteiger partial charge in [-0.2, -0.15) is 5.26 Å². The topological polar surface area (TPSA) is 102 Å². The van der Waals surface area contributed by atoms with Crippen LogP contribution < -0.4 is 10.6 Å². The maximum absolute atomic E-state index is 12.9. The first-order valence-corrected chi connectivity index (χ1v) is 5.61. The van der Waals surface area contributed by atoms with Gasteiger partial charge in [0.2, 0.25) is 0 Å². The number of rotatable bonds is 6. The molecule has 0 aliphatic carbocycles. The van der Waals surface area contributed by atoms with Gasteiger partial charge in [0.05, 0.1) is 0 Å². The molecule has 104 valence electrons. The predicted molar refractivity (Wildman–Crippen MR) is 67.6 cm³/mol. The molecule has 0 bridgehead atoms. The minimum atomic E-state index is -1.21. The second kappa shape index (κ2) is 7.53. The number of nitriles is 1. The number of carboxylic acid groups (broad SMARTS) is 1. The molecule has 7 heteroatoms.